The van der Waals surface area contributed by atoms with Crippen molar-refractivity contribution >= 4 is 28.2 Å². The van der Waals surface area contributed by atoms with Crippen LogP contribution >= 0.6 is 0 Å². The number of aryl methyl sites for hydroxylation is 1. The number of carbonyl (C=O) groups excluding carboxylic acids is 2. The van der Waals surface area contributed by atoms with Gasteiger partial charge in [0.2, 0.25) is 0 Å². The van der Waals surface area contributed by atoms with Gasteiger partial charge in [-0.3, -0.25) is 9.59 Å². The Morgan fingerprint density at radius 2 is 1.70 bits per heavy atom. The van der Waals surface area contributed by atoms with Gasteiger partial charge in [0.25, 0.3) is 5.91 Å². The van der Waals surface area contributed by atoms with Crippen molar-refractivity contribution in [3.05, 3.63) is 65.0 Å². The summed E-state index contributed by atoms with van der Waals surface area (Å²) in [6.07, 6.45) is 0. The lowest BCUT2D eigenvalue weighted by Gasteiger charge is -2.06. The topological polar surface area (TPSA) is 62.0 Å². The molecule has 23 heavy (non-hydrogen) atoms. The third-order valence-corrected chi connectivity index (χ3v) is 4.02. The van der Waals surface area contributed by atoms with E-state index in [1.807, 2.05) is 42.5 Å². The molecule has 4 heteroatoms. The highest BCUT2D eigenvalue weighted by atomic mass is 16.2. The van der Waals surface area contributed by atoms with E-state index in [-0.39, 0.29) is 11.7 Å². The molecule has 0 aliphatic heterocycles. The molecule has 0 aliphatic carbocycles. The number of hydrogen-bond acceptors (Lipinski definition) is 2. The lowest BCUT2D eigenvalue weighted by atomic mass is 10.1. The number of carbonyl (C=O) groups is 2. The third-order valence-electron chi connectivity index (χ3n) is 4.02. The Morgan fingerprint density at radius 3 is 2.35 bits per heavy atom. The SMILES string of the molecule is CC(=O)c1c(C)[nH]c(C(=O)Nc2ccc3ccccc3c2)c1C. The molecule has 116 valence electrons. The molecule has 1 heterocycles. The van der Waals surface area contributed by atoms with E-state index in [9.17, 15) is 9.59 Å². The molecule has 0 fully saturated rings. The van der Waals surface area contributed by atoms with Crippen molar-refractivity contribution in [2.24, 2.45) is 0 Å². The standard InChI is InChI=1S/C19H18N2O2/c1-11-17(13(3)22)12(2)20-18(11)19(23)21-16-9-8-14-6-4-5-7-15(14)10-16/h4-10,20H,1-3H3,(H,21,23). The number of fused-ring (bicyclic) bond motifs is 1. The zero-order valence-corrected chi connectivity index (χ0v) is 13.4. The highest BCUT2D eigenvalue weighted by molar-refractivity contribution is 6.08. The monoisotopic (exact) mass is 306 g/mol. The van der Waals surface area contributed by atoms with Crippen LogP contribution in [-0.4, -0.2) is 16.7 Å². The first-order chi connectivity index (χ1) is 11.0. The summed E-state index contributed by atoms with van der Waals surface area (Å²) in [7, 11) is 0. The Morgan fingerprint density at radius 1 is 1.00 bits per heavy atom. The van der Waals surface area contributed by atoms with E-state index in [0.29, 0.717) is 16.8 Å². The number of aromatic amines is 1. The molecule has 0 radical (unpaired) electrons. The largest absolute Gasteiger partial charge is 0.354 e. The number of H-pyrrole nitrogens is 1. The van der Waals surface area contributed by atoms with Gasteiger partial charge < -0.3 is 10.3 Å². The van der Waals surface area contributed by atoms with Crippen molar-refractivity contribution in [1.82, 2.24) is 4.98 Å². The number of ketones is 1. The maximum Gasteiger partial charge on any atom is 0.272 e. The van der Waals surface area contributed by atoms with Crippen LogP contribution in [0.15, 0.2) is 42.5 Å². The molecule has 0 saturated heterocycles. The van der Waals surface area contributed by atoms with Gasteiger partial charge in [-0.05, 0) is 49.2 Å². The van der Waals surface area contributed by atoms with E-state index in [2.05, 4.69) is 10.3 Å². The Kier molecular flexibility index (Phi) is 3.74. The van der Waals surface area contributed by atoms with Crippen molar-refractivity contribution in [2.75, 3.05) is 5.32 Å². The minimum atomic E-state index is -0.242. The van der Waals surface area contributed by atoms with Gasteiger partial charge in [0.05, 0.1) is 0 Å². The van der Waals surface area contributed by atoms with E-state index in [4.69, 9.17) is 0 Å². The van der Waals surface area contributed by atoms with Crippen LogP contribution in [0.2, 0.25) is 0 Å². The second kappa shape index (κ2) is 5.72. The molecule has 1 amide bonds. The first-order valence-electron chi connectivity index (χ1n) is 7.47. The molecular formula is C19H18N2O2. The quantitative estimate of drug-likeness (QED) is 0.711. The van der Waals surface area contributed by atoms with Crippen LogP contribution in [0.1, 0.15) is 39.0 Å². The van der Waals surface area contributed by atoms with Gasteiger partial charge in [0, 0.05) is 16.9 Å². The van der Waals surface area contributed by atoms with Crippen LogP contribution in [-0.2, 0) is 0 Å². The summed E-state index contributed by atoms with van der Waals surface area (Å²) in [5.41, 5.74) is 3.16. The van der Waals surface area contributed by atoms with Crippen molar-refractivity contribution in [3.8, 4) is 0 Å². The van der Waals surface area contributed by atoms with Crippen molar-refractivity contribution in [2.45, 2.75) is 20.8 Å². The Labute approximate surface area is 134 Å². The van der Waals surface area contributed by atoms with Crippen LogP contribution in [0, 0.1) is 13.8 Å². The highest BCUT2D eigenvalue weighted by Crippen LogP contribution is 2.22. The van der Waals surface area contributed by atoms with Crippen LogP contribution in [0.3, 0.4) is 0 Å². The van der Waals surface area contributed by atoms with Gasteiger partial charge in [0.1, 0.15) is 5.69 Å². The molecule has 3 rings (SSSR count). The Balaban J connectivity index is 1.92. The van der Waals surface area contributed by atoms with E-state index < -0.39 is 0 Å². The van der Waals surface area contributed by atoms with Crippen molar-refractivity contribution in [1.29, 1.82) is 0 Å². The summed E-state index contributed by atoms with van der Waals surface area (Å²) in [5, 5.41) is 5.07. The number of Topliss-reactive ketones (excluding diaryl/α,β-unsaturated/α-hetero) is 1. The number of hydrogen-bond donors (Lipinski definition) is 2. The highest BCUT2D eigenvalue weighted by Gasteiger charge is 2.19. The van der Waals surface area contributed by atoms with Crippen LogP contribution in [0.5, 0.6) is 0 Å². The average molecular weight is 306 g/mol. The summed E-state index contributed by atoms with van der Waals surface area (Å²) in [6, 6.07) is 13.8. The molecule has 2 N–H and O–H groups in total. The smallest absolute Gasteiger partial charge is 0.272 e. The number of rotatable bonds is 3. The fraction of sp³-hybridized carbons (Fsp3) is 0.158. The van der Waals surface area contributed by atoms with Crippen molar-refractivity contribution in [3.63, 3.8) is 0 Å². The van der Waals surface area contributed by atoms with Crippen LogP contribution in [0.25, 0.3) is 10.8 Å². The number of benzene rings is 2. The van der Waals surface area contributed by atoms with E-state index in [1.54, 1.807) is 13.8 Å². The molecule has 0 atom stereocenters. The molecule has 0 aliphatic rings. The fourth-order valence-electron chi connectivity index (χ4n) is 2.97. The summed E-state index contributed by atoms with van der Waals surface area (Å²) in [4.78, 5) is 27.2. The zero-order chi connectivity index (χ0) is 16.6. The molecule has 0 unspecified atom stereocenters. The summed E-state index contributed by atoms with van der Waals surface area (Å²) in [5.74, 6) is -0.283. The molecule has 1 aromatic heterocycles. The zero-order valence-electron chi connectivity index (χ0n) is 13.4. The van der Waals surface area contributed by atoms with Gasteiger partial charge in [-0.1, -0.05) is 30.3 Å². The van der Waals surface area contributed by atoms with Crippen LogP contribution in [0.4, 0.5) is 5.69 Å². The normalized spacial score (nSPS) is 10.7. The first-order valence-corrected chi connectivity index (χ1v) is 7.47. The molecule has 4 nitrogen and oxygen atoms in total. The van der Waals surface area contributed by atoms with E-state index >= 15 is 0 Å². The van der Waals surface area contributed by atoms with Crippen molar-refractivity contribution < 1.29 is 9.59 Å². The first kappa shape index (κ1) is 15.0. The number of amides is 1. The molecule has 0 bridgehead atoms. The maximum atomic E-state index is 12.5. The van der Waals surface area contributed by atoms with E-state index in [1.165, 1.54) is 6.92 Å². The summed E-state index contributed by atoms with van der Waals surface area (Å²) < 4.78 is 0. The van der Waals surface area contributed by atoms with Crippen LogP contribution < -0.4 is 5.32 Å². The minimum Gasteiger partial charge on any atom is -0.354 e. The molecular weight excluding hydrogens is 288 g/mol. The Hall–Kier alpha value is -2.88. The lowest BCUT2D eigenvalue weighted by Crippen LogP contribution is -2.13. The Bertz CT molecular complexity index is 922. The second-order valence-electron chi connectivity index (χ2n) is 5.70. The summed E-state index contributed by atoms with van der Waals surface area (Å²) in [6.45, 7) is 5.10. The van der Waals surface area contributed by atoms with Gasteiger partial charge in [-0.2, -0.15) is 0 Å². The molecule has 0 saturated carbocycles. The van der Waals surface area contributed by atoms with Gasteiger partial charge in [0.15, 0.2) is 5.78 Å². The molecule has 2 aromatic carbocycles. The fourth-order valence-corrected chi connectivity index (χ4v) is 2.97. The predicted molar refractivity (Wildman–Crippen MR) is 92.2 cm³/mol. The molecule has 3 aromatic rings. The van der Waals surface area contributed by atoms with Gasteiger partial charge in [-0.25, -0.2) is 0 Å². The number of nitrogens with one attached hydrogen (secondary N) is 2. The minimum absolute atomic E-state index is 0.0407. The number of anilines is 1. The molecule has 0 spiro atoms. The van der Waals surface area contributed by atoms with E-state index in [0.717, 1.165) is 22.2 Å². The van der Waals surface area contributed by atoms with Gasteiger partial charge in [-0.15, -0.1) is 0 Å². The summed E-state index contributed by atoms with van der Waals surface area (Å²) >= 11 is 0. The van der Waals surface area contributed by atoms with Gasteiger partial charge >= 0.3 is 0 Å². The third kappa shape index (κ3) is 2.75. The maximum absolute atomic E-state index is 12.5. The number of aromatic nitrogens is 1. The predicted octanol–water partition coefficient (Wildman–Crippen LogP) is 4.24. The average Bonchev–Trinajstić information content (AvgIpc) is 2.82. The second-order valence-corrected chi connectivity index (χ2v) is 5.70. The lowest BCUT2D eigenvalue weighted by molar-refractivity contribution is 0.101.